The molecule has 1 aliphatic heterocycles. The minimum Gasteiger partial charge on any atom is -0.360 e. The quantitative estimate of drug-likeness (QED) is 0.205. The molecule has 0 saturated carbocycles. The first-order valence-corrected chi connectivity index (χ1v) is 14.9. The number of hydrogen-bond donors (Lipinski definition) is 3. The van der Waals surface area contributed by atoms with Gasteiger partial charge in [0, 0.05) is 36.2 Å². The van der Waals surface area contributed by atoms with Crippen LogP contribution in [0.1, 0.15) is 53.6 Å². The summed E-state index contributed by atoms with van der Waals surface area (Å²) in [6, 6.07) is 23.0. The number of benzene rings is 3. The van der Waals surface area contributed by atoms with E-state index in [1.165, 1.54) is 0 Å². The molecule has 3 N–H and O–H groups in total. The van der Waals surface area contributed by atoms with E-state index in [2.05, 4.69) is 20.5 Å². The number of halogens is 3. The van der Waals surface area contributed by atoms with Gasteiger partial charge in [-0.3, -0.25) is 9.59 Å². The molecule has 0 bridgehead atoms. The van der Waals surface area contributed by atoms with Gasteiger partial charge in [-0.15, -0.1) is 0 Å². The van der Waals surface area contributed by atoms with Crippen LogP contribution in [-0.4, -0.2) is 60.1 Å². The first-order chi connectivity index (χ1) is 20.8. The topological polar surface area (TPSA) is 77.2 Å². The lowest BCUT2D eigenvalue weighted by Crippen LogP contribution is -2.47. The average Bonchev–Trinajstić information content (AvgIpc) is 3.57. The van der Waals surface area contributed by atoms with Gasteiger partial charge in [-0.1, -0.05) is 73.2 Å². The van der Waals surface area contributed by atoms with Crippen LogP contribution in [0, 0.1) is 0 Å². The van der Waals surface area contributed by atoms with Gasteiger partial charge in [0.15, 0.2) is 0 Å². The van der Waals surface area contributed by atoms with E-state index >= 15 is 0 Å². The van der Waals surface area contributed by atoms with Crippen LogP contribution in [0.5, 0.6) is 0 Å². The van der Waals surface area contributed by atoms with E-state index in [9.17, 15) is 22.8 Å². The van der Waals surface area contributed by atoms with E-state index in [0.717, 1.165) is 72.1 Å². The second-order valence-electron chi connectivity index (χ2n) is 11.6. The number of hydrogen-bond acceptors (Lipinski definition) is 3. The molecular formula is C34H35F3N4O2. The van der Waals surface area contributed by atoms with E-state index in [1.807, 2.05) is 72.8 Å². The lowest BCUT2D eigenvalue weighted by Gasteiger charge is -2.33. The zero-order chi connectivity index (χ0) is 30.0. The first kappa shape index (κ1) is 29.0. The summed E-state index contributed by atoms with van der Waals surface area (Å²) in [4.78, 5) is 32.1. The van der Waals surface area contributed by atoms with Crippen molar-refractivity contribution in [2.24, 2.45) is 0 Å². The summed E-state index contributed by atoms with van der Waals surface area (Å²) in [6.45, 7) is 1.17. The Morgan fingerprint density at radius 2 is 1.51 bits per heavy atom. The Bertz CT molecular complexity index is 1580. The number of para-hydroxylation sites is 1. The van der Waals surface area contributed by atoms with Crippen molar-refractivity contribution >= 4 is 22.7 Å². The largest absolute Gasteiger partial charge is 0.405 e. The summed E-state index contributed by atoms with van der Waals surface area (Å²) in [5, 5.41) is 6.31. The minimum atomic E-state index is -4.49. The van der Waals surface area contributed by atoms with Crippen LogP contribution in [0.4, 0.5) is 13.2 Å². The maximum atomic E-state index is 13.7. The fraction of sp³-hybridized carbons (Fsp3) is 0.353. The monoisotopic (exact) mass is 588 g/mol. The number of likely N-dealkylation sites (tertiary alicyclic amines) is 1. The van der Waals surface area contributed by atoms with Crippen LogP contribution in [-0.2, 0) is 10.2 Å². The molecule has 0 radical (unpaired) electrons. The predicted octanol–water partition coefficient (Wildman–Crippen LogP) is 6.18. The standard InChI is InChI=1S/C34H35F3N4O2/c35-34(36,37)22-39-32(43)33(28-12-4-1-9-24(28)25-10-2-5-13-29(25)33)17-7-8-18-41-19-15-23(16-20-41)40-31(42)27-21-38-30-14-6-3-11-26(27)30/h1-6,9-14,21,23,38H,7-8,15-20,22H2,(H,39,43)(H,40,42). The number of rotatable bonds is 9. The fourth-order valence-corrected chi connectivity index (χ4v) is 6.83. The summed E-state index contributed by atoms with van der Waals surface area (Å²) in [6.07, 6.45) is 0.866. The Kier molecular flexibility index (Phi) is 8.01. The smallest absolute Gasteiger partial charge is 0.360 e. The molecule has 2 heterocycles. The van der Waals surface area contributed by atoms with Crippen molar-refractivity contribution in [1.82, 2.24) is 20.5 Å². The average molecular weight is 589 g/mol. The number of carbonyl (C=O) groups excluding carboxylic acids is 2. The number of fused-ring (bicyclic) bond motifs is 4. The zero-order valence-electron chi connectivity index (χ0n) is 23.8. The van der Waals surface area contributed by atoms with Crippen molar-refractivity contribution in [3.63, 3.8) is 0 Å². The fourth-order valence-electron chi connectivity index (χ4n) is 6.83. The number of H-pyrrole nitrogens is 1. The number of aromatic amines is 1. The number of alkyl halides is 3. The van der Waals surface area contributed by atoms with Crippen LogP contribution in [0.15, 0.2) is 79.0 Å². The molecule has 0 spiro atoms. The van der Waals surface area contributed by atoms with Gasteiger partial charge in [0.25, 0.3) is 5.91 Å². The third-order valence-corrected chi connectivity index (χ3v) is 8.93. The number of nitrogens with zero attached hydrogens (tertiary/aromatic N) is 1. The van der Waals surface area contributed by atoms with Crippen LogP contribution in [0.3, 0.4) is 0 Å². The Labute approximate surface area is 248 Å². The van der Waals surface area contributed by atoms with Gasteiger partial charge in [-0.25, -0.2) is 0 Å². The molecule has 1 aromatic heterocycles. The van der Waals surface area contributed by atoms with Crippen molar-refractivity contribution in [2.75, 3.05) is 26.2 Å². The molecule has 0 unspecified atom stereocenters. The van der Waals surface area contributed by atoms with E-state index in [1.54, 1.807) is 6.20 Å². The molecule has 1 saturated heterocycles. The van der Waals surface area contributed by atoms with E-state index in [4.69, 9.17) is 0 Å². The number of amides is 2. The summed E-state index contributed by atoms with van der Waals surface area (Å²) in [5.41, 5.74) is 3.75. The van der Waals surface area contributed by atoms with Crippen molar-refractivity contribution in [3.05, 3.63) is 95.7 Å². The first-order valence-electron chi connectivity index (χ1n) is 14.9. The number of unbranched alkanes of at least 4 members (excludes halogenated alkanes) is 1. The summed E-state index contributed by atoms with van der Waals surface area (Å²) < 4.78 is 39.4. The number of carbonyl (C=O) groups is 2. The number of piperidine rings is 1. The van der Waals surface area contributed by atoms with Crippen molar-refractivity contribution in [2.45, 2.75) is 49.7 Å². The van der Waals surface area contributed by atoms with Crippen molar-refractivity contribution in [3.8, 4) is 11.1 Å². The Hall–Kier alpha value is -4.11. The van der Waals surface area contributed by atoms with Crippen LogP contribution < -0.4 is 10.6 Å². The van der Waals surface area contributed by atoms with Crippen LogP contribution in [0.2, 0.25) is 0 Å². The van der Waals surface area contributed by atoms with Gasteiger partial charge in [0.05, 0.1) is 5.56 Å². The summed E-state index contributed by atoms with van der Waals surface area (Å²) in [7, 11) is 0. The van der Waals surface area contributed by atoms with Gasteiger partial charge in [0.2, 0.25) is 5.91 Å². The van der Waals surface area contributed by atoms with Gasteiger partial charge >= 0.3 is 6.18 Å². The molecule has 0 atom stereocenters. The highest BCUT2D eigenvalue weighted by atomic mass is 19.4. The summed E-state index contributed by atoms with van der Waals surface area (Å²) >= 11 is 0. The highest BCUT2D eigenvalue weighted by Gasteiger charge is 2.49. The summed E-state index contributed by atoms with van der Waals surface area (Å²) in [5.74, 6) is -0.670. The molecule has 43 heavy (non-hydrogen) atoms. The Morgan fingerprint density at radius 3 is 2.19 bits per heavy atom. The van der Waals surface area contributed by atoms with Gasteiger partial charge in [-0.2, -0.15) is 13.2 Å². The molecule has 9 heteroatoms. The van der Waals surface area contributed by atoms with Crippen molar-refractivity contribution < 1.29 is 22.8 Å². The maximum Gasteiger partial charge on any atom is 0.405 e. The molecule has 1 aliphatic carbocycles. The molecule has 3 aromatic carbocycles. The number of nitrogens with one attached hydrogen (secondary N) is 3. The molecule has 6 nitrogen and oxygen atoms in total. The SMILES string of the molecule is O=C(NC1CCN(CCCCC2(C(=O)NCC(F)(F)F)c3ccccc3-c3ccccc32)CC1)c1c[nH]c2ccccc12. The van der Waals surface area contributed by atoms with Crippen LogP contribution >= 0.6 is 0 Å². The van der Waals surface area contributed by atoms with Crippen LogP contribution in [0.25, 0.3) is 22.0 Å². The van der Waals surface area contributed by atoms with E-state index in [-0.39, 0.29) is 11.9 Å². The molecular weight excluding hydrogens is 553 g/mol. The molecule has 4 aromatic rings. The van der Waals surface area contributed by atoms with Crippen molar-refractivity contribution in [1.29, 1.82) is 0 Å². The van der Waals surface area contributed by atoms with E-state index in [0.29, 0.717) is 18.4 Å². The third-order valence-electron chi connectivity index (χ3n) is 8.93. The molecule has 1 fully saturated rings. The predicted molar refractivity (Wildman–Crippen MR) is 161 cm³/mol. The molecule has 2 aliphatic rings. The Morgan fingerprint density at radius 1 is 0.884 bits per heavy atom. The molecule has 2 amide bonds. The normalized spacial score (nSPS) is 16.5. The molecule has 6 rings (SSSR count). The lowest BCUT2D eigenvalue weighted by molar-refractivity contribution is -0.141. The lowest BCUT2D eigenvalue weighted by atomic mass is 9.73. The van der Waals surface area contributed by atoms with Gasteiger partial charge in [-0.05, 0) is 60.5 Å². The maximum absolute atomic E-state index is 13.7. The van der Waals surface area contributed by atoms with Gasteiger partial charge in [0.1, 0.15) is 12.0 Å². The molecule has 224 valence electrons. The highest BCUT2D eigenvalue weighted by Crippen LogP contribution is 2.51. The highest BCUT2D eigenvalue weighted by molar-refractivity contribution is 6.06. The van der Waals surface area contributed by atoms with E-state index < -0.39 is 24.0 Å². The second-order valence-corrected chi connectivity index (χ2v) is 11.6. The Balaban J connectivity index is 1.07. The van der Waals surface area contributed by atoms with Gasteiger partial charge < -0.3 is 20.5 Å². The third kappa shape index (κ3) is 5.78. The second kappa shape index (κ2) is 11.9. The number of aromatic nitrogens is 1. The zero-order valence-corrected chi connectivity index (χ0v) is 23.8. The minimum absolute atomic E-state index is 0.0675.